The molecular formula is C24H37N5. The van der Waals surface area contributed by atoms with Crippen molar-refractivity contribution in [1.82, 2.24) is 15.1 Å². The van der Waals surface area contributed by atoms with Crippen molar-refractivity contribution in [3.05, 3.63) is 42.0 Å². The van der Waals surface area contributed by atoms with Crippen LogP contribution in [0.3, 0.4) is 0 Å². The van der Waals surface area contributed by atoms with E-state index in [4.69, 9.17) is 4.99 Å². The van der Waals surface area contributed by atoms with Gasteiger partial charge in [0, 0.05) is 45.0 Å². The van der Waals surface area contributed by atoms with E-state index in [1.807, 2.05) is 0 Å². The number of rotatable bonds is 6. The molecule has 0 amide bonds. The number of benzene rings is 1. The van der Waals surface area contributed by atoms with Crippen molar-refractivity contribution in [2.75, 3.05) is 57.3 Å². The maximum atomic E-state index is 4.97. The van der Waals surface area contributed by atoms with Crippen LogP contribution in [-0.2, 0) is 6.54 Å². The minimum Gasteiger partial charge on any atom is -0.364 e. The van der Waals surface area contributed by atoms with Crippen molar-refractivity contribution in [3.63, 3.8) is 0 Å². The van der Waals surface area contributed by atoms with Crippen LogP contribution in [0.2, 0.25) is 0 Å². The predicted octanol–water partition coefficient (Wildman–Crippen LogP) is 3.34. The van der Waals surface area contributed by atoms with Gasteiger partial charge in [-0.2, -0.15) is 0 Å². The lowest BCUT2D eigenvalue weighted by Crippen LogP contribution is -2.41. The molecule has 3 aliphatic rings. The number of anilines is 1. The molecule has 0 aliphatic carbocycles. The maximum absolute atomic E-state index is 4.97. The highest BCUT2D eigenvalue weighted by molar-refractivity contribution is 5.80. The molecule has 1 atom stereocenters. The van der Waals surface area contributed by atoms with Gasteiger partial charge >= 0.3 is 0 Å². The number of nitrogens with zero attached hydrogens (tertiary/aromatic N) is 4. The smallest absolute Gasteiger partial charge is 0.194 e. The highest BCUT2D eigenvalue weighted by Crippen LogP contribution is 2.21. The molecule has 1 N–H and O–H groups in total. The Morgan fingerprint density at radius 2 is 1.79 bits per heavy atom. The average Bonchev–Trinajstić information content (AvgIpc) is 3.45. The van der Waals surface area contributed by atoms with Gasteiger partial charge in [0.2, 0.25) is 0 Å². The van der Waals surface area contributed by atoms with Crippen molar-refractivity contribution in [1.29, 1.82) is 0 Å². The summed E-state index contributed by atoms with van der Waals surface area (Å²) in [4.78, 5) is 12.5. The Morgan fingerprint density at radius 1 is 1.03 bits per heavy atom. The summed E-state index contributed by atoms with van der Waals surface area (Å²) in [6.07, 6.45) is 9.94. The topological polar surface area (TPSA) is 34.1 Å². The van der Waals surface area contributed by atoms with Gasteiger partial charge in [0.05, 0.1) is 6.54 Å². The zero-order chi connectivity index (χ0) is 19.9. The summed E-state index contributed by atoms with van der Waals surface area (Å²) in [5.41, 5.74) is 2.58. The van der Waals surface area contributed by atoms with Crippen molar-refractivity contribution in [3.8, 4) is 0 Å². The van der Waals surface area contributed by atoms with Crippen LogP contribution in [0.4, 0.5) is 5.69 Å². The lowest BCUT2D eigenvalue weighted by molar-refractivity contribution is 0.198. The molecule has 0 spiro atoms. The Balaban J connectivity index is 1.31. The second kappa shape index (κ2) is 10.1. The van der Waals surface area contributed by atoms with Crippen LogP contribution >= 0.6 is 0 Å². The minimum atomic E-state index is 0.744. The van der Waals surface area contributed by atoms with Gasteiger partial charge in [0.25, 0.3) is 0 Å². The van der Waals surface area contributed by atoms with E-state index < -0.39 is 0 Å². The summed E-state index contributed by atoms with van der Waals surface area (Å²) in [5.74, 6) is 1.87. The first-order valence-electron chi connectivity index (χ1n) is 11.6. The van der Waals surface area contributed by atoms with E-state index >= 15 is 0 Å². The number of hydrogen-bond acceptors (Lipinski definition) is 3. The lowest BCUT2D eigenvalue weighted by Gasteiger charge is -2.29. The third-order valence-electron chi connectivity index (χ3n) is 6.42. The fourth-order valence-corrected chi connectivity index (χ4v) is 4.77. The van der Waals surface area contributed by atoms with Crippen molar-refractivity contribution in [2.24, 2.45) is 10.9 Å². The van der Waals surface area contributed by atoms with E-state index in [0.29, 0.717) is 0 Å². The molecule has 5 nitrogen and oxygen atoms in total. The van der Waals surface area contributed by atoms with Crippen molar-refractivity contribution in [2.45, 2.75) is 39.2 Å². The highest BCUT2D eigenvalue weighted by Gasteiger charge is 2.26. The first-order valence-corrected chi connectivity index (χ1v) is 11.6. The van der Waals surface area contributed by atoms with E-state index in [-0.39, 0.29) is 0 Å². The van der Waals surface area contributed by atoms with E-state index in [1.165, 1.54) is 56.6 Å². The Labute approximate surface area is 176 Å². The first kappa shape index (κ1) is 20.3. The quantitative estimate of drug-likeness (QED) is 0.455. The number of piperidine rings is 1. The fraction of sp³-hybridized carbons (Fsp3) is 0.625. The molecule has 5 heteroatoms. The molecule has 3 heterocycles. The molecule has 0 bridgehead atoms. The molecule has 29 heavy (non-hydrogen) atoms. The van der Waals surface area contributed by atoms with Gasteiger partial charge in [-0.05, 0) is 62.9 Å². The molecule has 4 rings (SSSR count). The van der Waals surface area contributed by atoms with Crippen LogP contribution in [-0.4, -0.2) is 68.1 Å². The van der Waals surface area contributed by atoms with Crippen LogP contribution in [0.1, 0.15) is 38.2 Å². The van der Waals surface area contributed by atoms with Crippen LogP contribution in [0.15, 0.2) is 41.4 Å². The molecular weight excluding hydrogens is 358 g/mol. The minimum absolute atomic E-state index is 0.744. The standard InChI is InChI=1S/C24H37N5/c1-2-25-24(29-17-12-22(20-29)19-27-13-4-3-5-14-27)26-18-21-8-10-23(11-9-21)28-15-6-7-16-28/h6-11,22H,2-5,12-20H2,1H3,(H,25,26). The first-order chi connectivity index (χ1) is 14.3. The van der Waals surface area contributed by atoms with Crippen LogP contribution in [0, 0.1) is 5.92 Å². The third kappa shape index (κ3) is 5.53. The van der Waals surface area contributed by atoms with Gasteiger partial charge in [0.15, 0.2) is 5.96 Å². The zero-order valence-electron chi connectivity index (χ0n) is 18.0. The number of likely N-dealkylation sites (tertiary alicyclic amines) is 2. The highest BCUT2D eigenvalue weighted by atomic mass is 15.3. The summed E-state index contributed by atoms with van der Waals surface area (Å²) in [5, 5.41) is 3.52. The summed E-state index contributed by atoms with van der Waals surface area (Å²) >= 11 is 0. The molecule has 1 aromatic rings. The third-order valence-corrected chi connectivity index (χ3v) is 6.42. The van der Waals surface area contributed by atoms with Gasteiger partial charge in [0.1, 0.15) is 0 Å². The van der Waals surface area contributed by atoms with Gasteiger partial charge in [-0.1, -0.05) is 30.7 Å². The fourth-order valence-electron chi connectivity index (χ4n) is 4.77. The molecule has 2 saturated heterocycles. The molecule has 2 fully saturated rings. The van der Waals surface area contributed by atoms with E-state index in [1.54, 1.807) is 0 Å². The molecule has 0 saturated carbocycles. The van der Waals surface area contributed by atoms with E-state index in [0.717, 1.165) is 51.1 Å². The van der Waals surface area contributed by atoms with E-state index in [9.17, 15) is 0 Å². The van der Waals surface area contributed by atoms with Gasteiger partial charge in [-0.25, -0.2) is 4.99 Å². The maximum Gasteiger partial charge on any atom is 0.194 e. The summed E-state index contributed by atoms with van der Waals surface area (Å²) < 4.78 is 0. The molecule has 0 aromatic heterocycles. The number of aliphatic imine (C=N–C) groups is 1. The van der Waals surface area contributed by atoms with Gasteiger partial charge < -0.3 is 20.0 Å². The zero-order valence-corrected chi connectivity index (χ0v) is 18.0. The Kier molecular flexibility index (Phi) is 7.09. The normalized spacial score (nSPS) is 23.2. The average molecular weight is 396 g/mol. The molecule has 158 valence electrons. The predicted molar refractivity (Wildman–Crippen MR) is 123 cm³/mol. The van der Waals surface area contributed by atoms with E-state index in [2.05, 4.69) is 63.4 Å². The summed E-state index contributed by atoms with van der Waals surface area (Å²) in [6.45, 7) is 12.0. The molecule has 3 aliphatic heterocycles. The number of hydrogen-bond donors (Lipinski definition) is 1. The summed E-state index contributed by atoms with van der Waals surface area (Å²) in [7, 11) is 0. The molecule has 1 unspecified atom stereocenters. The summed E-state index contributed by atoms with van der Waals surface area (Å²) in [6, 6.07) is 8.91. The Bertz CT molecular complexity index is 682. The van der Waals surface area contributed by atoms with Crippen molar-refractivity contribution >= 4 is 11.6 Å². The molecule has 0 radical (unpaired) electrons. The Hall–Kier alpha value is -2.01. The van der Waals surface area contributed by atoms with Crippen LogP contribution < -0.4 is 10.2 Å². The molecule has 1 aromatic carbocycles. The van der Waals surface area contributed by atoms with Crippen LogP contribution in [0.25, 0.3) is 0 Å². The van der Waals surface area contributed by atoms with Gasteiger partial charge in [-0.3, -0.25) is 0 Å². The lowest BCUT2D eigenvalue weighted by atomic mass is 10.1. The van der Waals surface area contributed by atoms with Crippen molar-refractivity contribution < 1.29 is 0 Å². The van der Waals surface area contributed by atoms with Gasteiger partial charge in [-0.15, -0.1) is 0 Å². The monoisotopic (exact) mass is 395 g/mol. The second-order valence-electron chi connectivity index (χ2n) is 8.67. The number of guanidine groups is 1. The number of nitrogens with one attached hydrogen (secondary N) is 1. The SMILES string of the molecule is CCNC(=NCc1ccc(N2CC=CC2)cc1)N1CCC(CN2CCCCC2)C1. The Morgan fingerprint density at radius 3 is 2.52 bits per heavy atom. The second-order valence-corrected chi connectivity index (χ2v) is 8.67. The van der Waals surface area contributed by atoms with Crippen LogP contribution in [0.5, 0.6) is 0 Å². The largest absolute Gasteiger partial charge is 0.364 e.